The molecule has 0 amide bonds. The molecule has 0 aliphatic heterocycles. The molecular formula is C18H18FN3O5. The van der Waals surface area contributed by atoms with E-state index in [-0.39, 0.29) is 18.4 Å². The molecule has 2 heterocycles. The summed E-state index contributed by atoms with van der Waals surface area (Å²) >= 11 is 0. The first-order chi connectivity index (χ1) is 12.9. The number of nitrogens with zero attached hydrogens (tertiary/aromatic N) is 3. The van der Waals surface area contributed by atoms with Crippen molar-refractivity contribution in [3.63, 3.8) is 0 Å². The Morgan fingerprint density at radius 2 is 2.00 bits per heavy atom. The molecule has 0 spiro atoms. The quantitative estimate of drug-likeness (QED) is 0.611. The average Bonchev–Trinajstić information content (AvgIpc) is 3.17. The van der Waals surface area contributed by atoms with E-state index in [9.17, 15) is 14.0 Å². The van der Waals surface area contributed by atoms with Gasteiger partial charge in [-0.15, -0.1) is 5.10 Å². The molecule has 9 heteroatoms. The van der Waals surface area contributed by atoms with Crippen LogP contribution in [0.2, 0.25) is 0 Å². The van der Waals surface area contributed by atoms with Crippen LogP contribution >= 0.6 is 0 Å². The Hall–Kier alpha value is -3.20. The second kappa shape index (κ2) is 7.58. The summed E-state index contributed by atoms with van der Waals surface area (Å²) in [4.78, 5) is 25.4. The van der Waals surface area contributed by atoms with Crippen LogP contribution in [0.25, 0.3) is 11.5 Å². The summed E-state index contributed by atoms with van der Waals surface area (Å²) in [5.74, 6) is -0.377. The maximum Gasteiger partial charge on any atom is 0.438 e. The van der Waals surface area contributed by atoms with E-state index in [1.165, 1.54) is 31.4 Å². The van der Waals surface area contributed by atoms with Crippen LogP contribution in [0.5, 0.6) is 0 Å². The number of hydrogen-bond donors (Lipinski definition) is 0. The van der Waals surface area contributed by atoms with Crippen LogP contribution in [0.15, 0.2) is 44.0 Å². The first kappa shape index (κ1) is 18.6. The highest BCUT2D eigenvalue weighted by molar-refractivity contribution is 5.90. The Morgan fingerprint density at radius 1 is 1.30 bits per heavy atom. The van der Waals surface area contributed by atoms with Gasteiger partial charge in [0.1, 0.15) is 29.6 Å². The average molecular weight is 375 g/mol. The van der Waals surface area contributed by atoms with Crippen LogP contribution in [0.4, 0.5) is 4.39 Å². The van der Waals surface area contributed by atoms with E-state index < -0.39 is 11.7 Å². The molecular weight excluding hydrogens is 357 g/mol. The standard InChI is InChI=1S/C18H18FN3O5/c1-11-15(17(23)25-3)8-14(26-11)9-21(2)10-22-18(24)27-16(20-22)12-4-6-13(19)7-5-12/h4-8H,9-10H2,1-3H3. The third-order valence-corrected chi connectivity index (χ3v) is 3.87. The Labute approximate surface area is 153 Å². The van der Waals surface area contributed by atoms with Crippen molar-refractivity contribution in [3.05, 3.63) is 63.8 Å². The maximum absolute atomic E-state index is 13.0. The SMILES string of the molecule is COC(=O)c1cc(CN(C)Cn2nc(-c3ccc(F)cc3)oc2=O)oc1C. The van der Waals surface area contributed by atoms with Gasteiger partial charge in [0.15, 0.2) is 0 Å². The summed E-state index contributed by atoms with van der Waals surface area (Å²) in [7, 11) is 3.06. The van der Waals surface area contributed by atoms with Crippen molar-refractivity contribution in [2.45, 2.75) is 20.1 Å². The van der Waals surface area contributed by atoms with Gasteiger partial charge in [-0.25, -0.2) is 14.0 Å². The minimum absolute atomic E-state index is 0.107. The number of halogens is 1. The summed E-state index contributed by atoms with van der Waals surface area (Å²) in [5.41, 5.74) is 0.859. The number of hydrogen-bond acceptors (Lipinski definition) is 7. The second-order valence-electron chi connectivity index (χ2n) is 6.01. The number of carbonyl (C=O) groups is 1. The molecule has 0 aliphatic carbocycles. The van der Waals surface area contributed by atoms with Crippen LogP contribution in [0.1, 0.15) is 21.9 Å². The van der Waals surface area contributed by atoms with Crippen molar-refractivity contribution in [1.29, 1.82) is 0 Å². The van der Waals surface area contributed by atoms with Crippen molar-refractivity contribution in [3.8, 4) is 11.5 Å². The molecule has 0 unspecified atom stereocenters. The van der Waals surface area contributed by atoms with Gasteiger partial charge < -0.3 is 13.6 Å². The molecule has 27 heavy (non-hydrogen) atoms. The number of aromatic nitrogens is 2. The lowest BCUT2D eigenvalue weighted by molar-refractivity contribution is 0.0599. The summed E-state index contributed by atoms with van der Waals surface area (Å²) in [6.07, 6.45) is 0. The molecule has 0 radical (unpaired) electrons. The van der Waals surface area contributed by atoms with E-state index in [1.807, 2.05) is 0 Å². The minimum Gasteiger partial charge on any atom is -0.465 e. The number of rotatable bonds is 6. The van der Waals surface area contributed by atoms with Gasteiger partial charge in [0.2, 0.25) is 5.89 Å². The minimum atomic E-state index is -0.632. The zero-order chi connectivity index (χ0) is 19.6. The maximum atomic E-state index is 13.0. The van der Waals surface area contributed by atoms with Gasteiger partial charge in [-0.2, -0.15) is 4.68 Å². The van der Waals surface area contributed by atoms with Crippen LogP contribution in [0, 0.1) is 12.7 Å². The van der Waals surface area contributed by atoms with Crippen LogP contribution in [0.3, 0.4) is 0 Å². The van der Waals surface area contributed by atoms with E-state index in [4.69, 9.17) is 13.6 Å². The molecule has 0 aliphatic rings. The van der Waals surface area contributed by atoms with Gasteiger partial charge in [0, 0.05) is 5.56 Å². The Balaban J connectivity index is 1.71. The largest absolute Gasteiger partial charge is 0.465 e. The fourth-order valence-corrected chi connectivity index (χ4v) is 2.58. The number of aryl methyl sites for hydroxylation is 1. The van der Waals surface area contributed by atoms with Crippen molar-refractivity contribution in [1.82, 2.24) is 14.7 Å². The Kier molecular flexibility index (Phi) is 5.22. The monoisotopic (exact) mass is 375 g/mol. The van der Waals surface area contributed by atoms with E-state index >= 15 is 0 Å². The predicted octanol–water partition coefficient (Wildman–Crippen LogP) is 2.42. The Bertz CT molecular complexity index is 1000. The van der Waals surface area contributed by atoms with Crippen LogP contribution in [-0.4, -0.2) is 34.8 Å². The molecule has 3 aromatic rings. The number of furan rings is 1. The smallest absolute Gasteiger partial charge is 0.438 e. The van der Waals surface area contributed by atoms with Gasteiger partial charge in [-0.05, 0) is 44.3 Å². The van der Waals surface area contributed by atoms with Gasteiger partial charge in [0.25, 0.3) is 0 Å². The number of benzene rings is 1. The molecule has 0 saturated carbocycles. The van der Waals surface area contributed by atoms with Gasteiger partial charge in [0.05, 0.1) is 13.7 Å². The summed E-state index contributed by atoms with van der Waals surface area (Å²) in [5, 5.41) is 4.12. The predicted molar refractivity (Wildman–Crippen MR) is 92.4 cm³/mol. The lowest BCUT2D eigenvalue weighted by Crippen LogP contribution is -2.28. The van der Waals surface area contributed by atoms with Crippen molar-refractivity contribution in [2.75, 3.05) is 14.2 Å². The van der Waals surface area contributed by atoms with E-state index in [1.54, 1.807) is 24.9 Å². The first-order valence-corrected chi connectivity index (χ1v) is 8.07. The van der Waals surface area contributed by atoms with Crippen LogP contribution < -0.4 is 5.76 Å². The molecule has 0 saturated heterocycles. The molecule has 0 atom stereocenters. The molecule has 2 aromatic heterocycles. The highest BCUT2D eigenvalue weighted by atomic mass is 19.1. The lowest BCUT2D eigenvalue weighted by Gasteiger charge is -2.13. The molecule has 0 fully saturated rings. The normalized spacial score (nSPS) is 11.1. The fourth-order valence-electron chi connectivity index (χ4n) is 2.58. The first-order valence-electron chi connectivity index (χ1n) is 8.07. The summed E-state index contributed by atoms with van der Waals surface area (Å²) < 4.78 is 29.5. The molecule has 1 aromatic carbocycles. The zero-order valence-electron chi connectivity index (χ0n) is 15.1. The molecule has 0 N–H and O–H groups in total. The number of carbonyl (C=O) groups excluding carboxylic acids is 1. The second-order valence-corrected chi connectivity index (χ2v) is 6.01. The van der Waals surface area contributed by atoms with Gasteiger partial charge in [-0.1, -0.05) is 0 Å². The molecule has 8 nitrogen and oxygen atoms in total. The molecule has 0 bridgehead atoms. The van der Waals surface area contributed by atoms with Crippen molar-refractivity contribution >= 4 is 5.97 Å². The number of ether oxygens (including phenoxy) is 1. The van der Waals surface area contributed by atoms with E-state index in [0.717, 1.165) is 4.68 Å². The molecule has 3 rings (SSSR count). The fraction of sp³-hybridized carbons (Fsp3) is 0.278. The van der Waals surface area contributed by atoms with Gasteiger partial charge >= 0.3 is 11.7 Å². The third kappa shape index (κ3) is 4.14. The third-order valence-electron chi connectivity index (χ3n) is 3.87. The van der Waals surface area contributed by atoms with E-state index in [0.29, 0.717) is 29.2 Å². The van der Waals surface area contributed by atoms with E-state index in [2.05, 4.69) is 5.10 Å². The topological polar surface area (TPSA) is 90.7 Å². The van der Waals surface area contributed by atoms with Gasteiger partial charge in [-0.3, -0.25) is 4.90 Å². The molecule has 142 valence electrons. The van der Waals surface area contributed by atoms with Crippen molar-refractivity contribution in [2.24, 2.45) is 0 Å². The summed E-state index contributed by atoms with van der Waals surface area (Å²) in [6.45, 7) is 2.15. The highest BCUT2D eigenvalue weighted by Crippen LogP contribution is 2.18. The highest BCUT2D eigenvalue weighted by Gasteiger charge is 2.17. The number of methoxy groups -OCH3 is 1. The van der Waals surface area contributed by atoms with Crippen LogP contribution in [-0.2, 0) is 18.0 Å². The Morgan fingerprint density at radius 3 is 2.67 bits per heavy atom. The lowest BCUT2D eigenvalue weighted by atomic mass is 10.2. The summed E-state index contributed by atoms with van der Waals surface area (Å²) in [6, 6.07) is 7.09. The number of esters is 1. The van der Waals surface area contributed by atoms with Crippen molar-refractivity contribution < 1.29 is 22.8 Å². The zero-order valence-corrected chi connectivity index (χ0v) is 15.1.